The topological polar surface area (TPSA) is 53.3 Å². The first-order chi connectivity index (χ1) is 14.2. The third-order valence-corrected chi connectivity index (χ3v) is 4.33. The molecule has 3 aromatic rings. The third kappa shape index (κ3) is 6.19. The second kappa shape index (κ2) is 10.8. The van der Waals surface area contributed by atoms with Crippen LogP contribution in [0.25, 0.3) is 22.3 Å². The molecule has 6 nitrogen and oxygen atoms in total. The van der Waals surface area contributed by atoms with Crippen LogP contribution in [-0.4, -0.2) is 53.7 Å². The minimum Gasteiger partial charge on any atom is -0.491 e. The molecule has 0 amide bonds. The van der Waals surface area contributed by atoms with Crippen molar-refractivity contribution in [1.29, 1.82) is 0 Å². The highest BCUT2D eigenvalue weighted by Gasteiger charge is 2.08. The van der Waals surface area contributed by atoms with Crippen molar-refractivity contribution in [2.24, 2.45) is 0 Å². The molecule has 2 aromatic carbocycles. The zero-order valence-corrected chi connectivity index (χ0v) is 16.7. The maximum atomic E-state index is 11.4. The lowest BCUT2D eigenvalue weighted by Gasteiger charge is -2.11. The van der Waals surface area contributed by atoms with Crippen LogP contribution in [0.15, 0.2) is 52.9 Å². The predicted octanol–water partition coefficient (Wildman–Crippen LogP) is 4.48. The summed E-state index contributed by atoms with van der Waals surface area (Å²) in [5.74, 6) is 1.58. The summed E-state index contributed by atoms with van der Waals surface area (Å²) in [4.78, 5) is 5.47. The van der Waals surface area contributed by atoms with E-state index in [9.17, 15) is 4.53 Å². The first-order valence-electron chi connectivity index (χ1n) is 9.50. The van der Waals surface area contributed by atoms with Crippen LogP contribution in [0.4, 0.5) is 10.2 Å². The number of nitrogens with zero attached hydrogens (tertiary/aromatic N) is 1. The smallest absolute Gasteiger partial charge is 0.135 e. The highest BCUT2D eigenvalue weighted by Crippen LogP contribution is 2.31. The molecule has 7 heteroatoms. The second-order valence-electron chi connectivity index (χ2n) is 6.64. The van der Waals surface area contributed by atoms with Crippen molar-refractivity contribution in [2.45, 2.75) is 0 Å². The van der Waals surface area contributed by atoms with Crippen LogP contribution >= 0.6 is 0 Å². The molecule has 0 saturated carbocycles. The number of halogens is 1. The summed E-state index contributed by atoms with van der Waals surface area (Å²) in [5.41, 5.74) is 2.99. The van der Waals surface area contributed by atoms with E-state index in [1.165, 1.54) is 0 Å². The van der Waals surface area contributed by atoms with Gasteiger partial charge >= 0.3 is 0 Å². The minimum absolute atomic E-state index is 0.0668. The molecule has 1 aromatic heterocycles. The quantitative estimate of drug-likeness (QED) is 0.417. The minimum atomic E-state index is -0.0668. The van der Waals surface area contributed by atoms with Gasteiger partial charge in [-0.25, -0.2) is 0 Å². The molecule has 0 saturated heterocycles. The molecule has 29 heavy (non-hydrogen) atoms. The van der Waals surface area contributed by atoms with Crippen LogP contribution in [-0.2, 0) is 14.4 Å². The average molecular weight is 402 g/mol. The van der Waals surface area contributed by atoms with Crippen molar-refractivity contribution in [2.75, 3.05) is 58.6 Å². The van der Waals surface area contributed by atoms with Gasteiger partial charge in [-0.2, -0.15) is 4.94 Å². The molecule has 0 spiro atoms. The Morgan fingerprint density at radius 2 is 1.52 bits per heavy atom. The van der Waals surface area contributed by atoms with Crippen LogP contribution in [0.2, 0.25) is 0 Å². The number of benzene rings is 2. The molecular weight excluding hydrogens is 376 g/mol. The molecular formula is C22H26FNO5. The van der Waals surface area contributed by atoms with Gasteiger partial charge in [-0.1, -0.05) is 0 Å². The molecule has 156 valence electrons. The van der Waals surface area contributed by atoms with Gasteiger partial charge in [0.25, 0.3) is 0 Å². The molecule has 0 bridgehead atoms. The lowest BCUT2D eigenvalue weighted by molar-refractivity contribution is -0.147. The highest BCUT2D eigenvalue weighted by molar-refractivity contribution is 5.84. The van der Waals surface area contributed by atoms with E-state index in [2.05, 4.69) is 34.1 Å². The van der Waals surface area contributed by atoms with E-state index in [4.69, 9.17) is 18.6 Å². The SMILES string of the molecule is CN(C)c1ccc(-c2cc3cc(OCCOCCOCCO[18F])ccc3o2)cc1. The molecule has 0 atom stereocenters. The van der Waals surface area contributed by atoms with Crippen LogP contribution < -0.4 is 9.64 Å². The van der Waals surface area contributed by atoms with Gasteiger partial charge in [0.1, 0.15) is 30.3 Å². The Balaban J connectivity index is 1.49. The molecule has 3 rings (SSSR count). The van der Waals surface area contributed by atoms with Gasteiger partial charge in [0.05, 0.1) is 26.4 Å². The van der Waals surface area contributed by atoms with E-state index >= 15 is 0 Å². The summed E-state index contributed by atoms with van der Waals surface area (Å²) in [6.07, 6.45) is 0. The van der Waals surface area contributed by atoms with E-state index in [0.717, 1.165) is 33.7 Å². The summed E-state index contributed by atoms with van der Waals surface area (Å²) in [6.45, 7) is 1.83. The standard InChI is InChI=1S/C22H26FNO5/c1-24(2)19-5-3-17(4-6-19)22-16-18-15-20(7-8-21(18)29-22)27-13-11-25-9-10-26-12-14-28-23/h3-8,15-16H,9-14H2,1-2H3/i23-1. The number of rotatable bonds is 12. The molecule has 1 heterocycles. The first-order valence-corrected chi connectivity index (χ1v) is 9.50. The lowest BCUT2D eigenvalue weighted by Crippen LogP contribution is -2.12. The summed E-state index contributed by atoms with van der Waals surface area (Å²) in [6, 6.07) is 16.0. The van der Waals surface area contributed by atoms with Crippen molar-refractivity contribution < 1.29 is 28.1 Å². The summed E-state index contributed by atoms with van der Waals surface area (Å²) < 4.78 is 33.6. The Labute approximate surface area is 169 Å². The van der Waals surface area contributed by atoms with Gasteiger partial charge in [-0.05, 0) is 53.1 Å². The van der Waals surface area contributed by atoms with Gasteiger partial charge in [-0.3, -0.25) is 0 Å². The summed E-state index contributed by atoms with van der Waals surface area (Å²) >= 11 is 0. The third-order valence-electron chi connectivity index (χ3n) is 4.33. The predicted molar refractivity (Wildman–Crippen MR) is 110 cm³/mol. The highest BCUT2D eigenvalue weighted by atomic mass is 18.4. The Morgan fingerprint density at radius 1 is 0.828 bits per heavy atom. The fourth-order valence-corrected chi connectivity index (χ4v) is 2.81. The first kappa shape index (κ1) is 21.1. The van der Waals surface area contributed by atoms with Crippen molar-refractivity contribution in [3.63, 3.8) is 0 Å². The zero-order chi connectivity index (χ0) is 20.5. The average Bonchev–Trinajstić information content (AvgIpc) is 3.16. The van der Waals surface area contributed by atoms with Gasteiger partial charge in [0.2, 0.25) is 0 Å². The summed E-state index contributed by atoms with van der Waals surface area (Å²) in [7, 11) is 4.03. The Hall–Kier alpha value is -2.61. The van der Waals surface area contributed by atoms with Gasteiger partial charge in [0.15, 0.2) is 0 Å². The van der Waals surface area contributed by atoms with Crippen LogP contribution in [0, 0.1) is 0 Å². The van der Waals surface area contributed by atoms with Gasteiger partial charge < -0.3 is 23.5 Å². The van der Waals surface area contributed by atoms with E-state index in [1.807, 2.05) is 38.4 Å². The fraction of sp³-hybridized carbons (Fsp3) is 0.364. The van der Waals surface area contributed by atoms with Gasteiger partial charge in [-0.15, -0.1) is 0 Å². The number of ether oxygens (including phenoxy) is 3. The van der Waals surface area contributed by atoms with E-state index < -0.39 is 0 Å². The van der Waals surface area contributed by atoms with E-state index in [0.29, 0.717) is 26.4 Å². The maximum Gasteiger partial charge on any atom is 0.135 e. The number of furan rings is 1. The van der Waals surface area contributed by atoms with Crippen molar-refractivity contribution in [3.05, 3.63) is 48.5 Å². The zero-order valence-electron chi connectivity index (χ0n) is 16.7. The molecule has 0 fully saturated rings. The molecule has 0 radical (unpaired) electrons. The molecule has 0 aliphatic carbocycles. The lowest BCUT2D eigenvalue weighted by atomic mass is 10.1. The number of hydrogen-bond acceptors (Lipinski definition) is 6. The second-order valence-corrected chi connectivity index (χ2v) is 6.64. The normalized spacial score (nSPS) is 11.1. The Kier molecular flexibility index (Phi) is 7.86. The van der Waals surface area contributed by atoms with Crippen LogP contribution in [0.5, 0.6) is 5.75 Å². The largest absolute Gasteiger partial charge is 0.491 e. The number of fused-ring (bicyclic) bond motifs is 1. The molecule has 0 aliphatic heterocycles. The molecule has 0 aliphatic rings. The number of hydrogen-bond donors (Lipinski definition) is 0. The van der Waals surface area contributed by atoms with Crippen molar-refractivity contribution in [1.82, 2.24) is 0 Å². The Bertz CT molecular complexity index is 879. The van der Waals surface area contributed by atoms with Crippen molar-refractivity contribution >= 4 is 16.7 Å². The van der Waals surface area contributed by atoms with E-state index in [-0.39, 0.29) is 13.2 Å². The molecule has 0 unspecified atom stereocenters. The van der Waals surface area contributed by atoms with Crippen LogP contribution in [0.3, 0.4) is 0 Å². The van der Waals surface area contributed by atoms with Gasteiger partial charge in [0, 0.05) is 30.7 Å². The van der Waals surface area contributed by atoms with E-state index in [1.54, 1.807) is 0 Å². The monoisotopic (exact) mass is 402 g/mol. The Morgan fingerprint density at radius 3 is 2.21 bits per heavy atom. The fourth-order valence-electron chi connectivity index (χ4n) is 2.81. The van der Waals surface area contributed by atoms with Crippen molar-refractivity contribution in [3.8, 4) is 17.1 Å². The maximum absolute atomic E-state index is 11.4. The number of anilines is 1. The summed E-state index contributed by atoms with van der Waals surface area (Å²) in [5, 5.41) is 0.985. The molecule has 0 N–H and O–H groups in total. The van der Waals surface area contributed by atoms with Crippen LogP contribution in [0.1, 0.15) is 0 Å².